The van der Waals surface area contributed by atoms with Gasteiger partial charge in [-0.1, -0.05) is 0 Å². The van der Waals surface area contributed by atoms with Gasteiger partial charge < -0.3 is 14.7 Å². The van der Waals surface area contributed by atoms with E-state index < -0.39 is 0 Å². The van der Waals surface area contributed by atoms with Crippen molar-refractivity contribution < 1.29 is 14.6 Å². The van der Waals surface area contributed by atoms with E-state index in [2.05, 4.69) is 0 Å². The molecule has 0 bridgehead atoms. The van der Waals surface area contributed by atoms with Crippen molar-refractivity contribution in [3.63, 3.8) is 0 Å². The first-order chi connectivity index (χ1) is 10.8. The molecule has 2 rings (SSSR count). The van der Waals surface area contributed by atoms with Crippen molar-refractivity contribution in [2.75, 3.05) is 13.7 Å². The zero-order valence-electron chi connectivity index (χ0n) is 14.7. The number of rotatable bonds is 4. The first-order valence-electron chi connectivity index (χ1n) is 8.47. The maximum atomic E-state index is 12.6. The summed E-state index contributed by atoms with van der Waals surface area (Å²) in [6, 6.07) is 7.65. The molecule has 0 saturated heterocycles. The monoisotopic (exact) mass is 319 g/mol. The smallest absolute Gasteiger partial charge is 0.253 e. The normalized spacial score (nSPS) is 21.8. The third-order valence-corrected chi connectivity index (χ3v) is 4.47. The summed E-state index contributed by atoms with van der Waals surface area (Å²) in [4.78, 5) is 14.5. The van der Waals surface area contributed by atoms with Crippen LogP contribution in [0, 0.1) is 5.92 Å². The van der Waals surface area contributed by atoms with Crippen LogP contribution >= 0.6 is 0 Å². The molecule has 0 unspecified atom stereocenters. The molecule has 0 atom stereocenters. The Morgan fingerprint density at radius 2 is 1.74 bits per heavy atom. The van der Waals surface area contributed by atoms with Crippen molar-refractivity contribution >= 4 is 5.91 Å². The second-order valence-electron chi connectivity index (χ2n) is 7.51. The minimum absolute atomic E-state index is 0.0553. The Kier molecular flexibility index (Phi) is 5.69. The number of amides is 1. The second kappa shape index (κ2) is 7.35. The summed E-state index contributed by atoms with van der Waals surface area (Å²) in [6.07, 6.45) is 3.94. The van der Waals surface area contributed by atoms with Crippen LogP contribution in [-0.2, 0) is 0 Å². The lowest BCUT2D eigenvalue weighted by atomic mass is 9.86. The van der Waals surface area contributed by atoms with Gasteiger partial charge in [-0.05, 0) is 76.6 Å². The maximum absolute atomic E-state index is 12.6. The number of carbonyl (C=O) groups is 1. The molecule has 1 aromatic carbocycles. The highest BCUT2D eigenvalue weighted by Gasteiger charge is 2.26. The van der Waals surface area contributed by atoms with E-state index in [9.17, 15) is 9.90 Å². The fourth-order valence-electron chi connectivity index (χ4n) is 3.10. The minimum atomic E-state index is -0.242. The zero-order chi connectivity index (χ0) is 17.0. The third-order valence-electron chi connectivity index (χ3n) is 4.47. The topological polar surface area (TPSA) is 49.8 Å². The van der Waals surface area contributed by atoms with Gasteiger partial charge in [0.05, 0.1) is 0 Å². The molecule has 4 heteroatoms. The average molecular weight is 319 g/mol. The SMILES string of the molecule is CN(C(=O)c1ccc(OC(C)(C)C)cc1)C1CCC(CO)CC1. The molecule has 1 aromatic rings. The van der Waals surface area contributed by atoms with E-state index in [4.69, 9.17) is 4.74 Å². The van der Waals surface area contributed by atoms with Crippen LogP contribution in [0.1, 0.15) is 56.8 Å². The summed E-state index contributed by atoms with van der Waals surface area (Å²) in [5.41, 5.74) is 0.450. The second-order valence-corrected chi connectivity index (χ2v) is 7.51. The first-order valence-corrected chi connectivity index (χ1v) is 8.47. The number of benzene rings is 1. The summed E-state index contributed by atoms with van der Waals surface area (Å²) < 4.78 is 5.79. The van der Waals surface area contributed by atoms with Gasteiger partial charge in [-0.3, -0.25) is 4.79 Å². The number of aliphatic hydroxyl groups is 1. The molecule has 4 nitrogen and oxygen atoms in total. The Bertz CT molecular complexity index is 510. The molecule has 0 aromatic heterocycles. The Labute approximate surface area is 139 Å². The predicted molar refractivity (Wildman–Crippen MR) is 91.7 cm³/mol. The van der Waals surface area contributed by atoms with Gasteiger partial charge in [0.2, 0.25) is 0 Å². The lowest BCUT2D eigenvalue weighted by molar-refractivity contribution is 0.0653. The van der Waals surface area contributed by atoms with E-state index in [0.717, 1.165) is 31.4 Å². The van der Waals surface area contributed by atoms with Crippen LogP contribution in [0.25, 0.3) is 0 Å². The van der Waals surface area contributed by atoms with Gasteiger partial charge in [0.25, 0.3) is 5.91 Å². The molecule has 1 N–H and O–H groups in total. The summed E-state index contributed by atoms with van der Waals surface area (Å²) in [5.74, 6) is 1.24. The van der Waals surface area contributed by atoms with Gasteiger partial charge in [0.1, 0.15) is 11.4 Å². The van der Waals surface area contributed by atoms with Crippen LogP contribution in [0.3, 0.4) is 0 Å². The van der Waals surface area contributed by atoms with E-state index in [1.54, 1.807) is 0 Å². The van der Waals surface area contributed by atoms with Crippen molar-refractivity contribution in [3.8, 4) is 5.75 Å². The average Bonchev–Trinajstić information content (AvgIpc) is 2.53. The zero-order valence-corrected chi connectivity index (χ0v) is 14.7. The van der Waals surface area contributed by atoms with Crippen molar-refractivity contribution in [2.45, 2.75) is 58.1 Å². The van der Waals surface area contributed by atoms with Gasteiger partial charge in [0, 0.05) is 25.3 Å². The number of hydrogen-bond acceptors (Lipinski definition) is 3. The molecule has 23 heavy (non-hydrogen) atoms. The molecular weight excluding hydrogens is 290 g/mol. The molecule has 0 radical (unpaired) electrons. The Balaban J connectivity index is 1.97. The number of ether oxygens (including phenoxy) is 1. The van der Waals surface area contributed by atoms with Crippen LogP contribution in [0.4, 0.5) is 0 Å². The predicted octanol–water partition coefficient (Wildman–Crippen LogP) is 3.49. The van der Waals surface area contributed by atoms with Crippen LogP contribution in [0.2, 0.25) is 0 Å². The summed E-state index contributed by atoms with van der Waals surface area (Å²) in [7, 11) is 1.88. The number of nitrogens with zero attached hydrogens (tertiary/aromatic N) is 1. The van der Waals surface area contributed by atoms with Crippen LogP contribution in [0.15, 0.2) is 24.3 Å². The van der Waals surface area contributed by atoms with Gasteiger partial charge in [-0.2, -0.15) is 0 Å². The highest BCUT2D eigenvalue weighted by molar-refractivity contribution is 5.94. The van der Waals surface area contributed by atoms with Gasteiger partial charge in [0.15, 0.2) is 0 Å². The van der Waals surface area contributed by atoms with Crippen LogP contribution in [-0.4, -0.2) is 41.2 Å². The molecule has 1 aliphatic rings. The van der Waals surface area contributed by atoms with Crippen molar-refractivity contribution in [2.24, 2.45) is 5.92 Å². The van der Waals surface area contributed by atoms with E-state index >= 15 is 0 Å². The fourth-order valence-corrected chi connectivity index (χ4v) is 3.10. The minimum Gasteiger partial charge on any atom is -0.488 e. The van der Waals surface area contributed by atoms with Crippen molar-refractivity contribution in [1.29, 1.82) is 0 Å². The Morgan fingerprint density at radius 1 is 1.17 bits per heavy atom. The summed E-state index contributed by atoms with van der Waals surface area (Å²) in [6.45, 7) is 6.27. The van der Waals surface area contributed by atoms with Gasteiger partial charge in [-0.25, -0.2) is 0 Å². The first kappa shape index (κ1) is 17.8. The van der Waals surface area contributed by atoms with E-state index in [1.165, 1.54) is 0 Å². The molecule has 1 fully saturated rings. The Hall–Kier alpha value is -1.55. The quantitative estimate of drug-likeness (QED) is 0.924. The fraction of sp³-hybridized carbons (Fsp3) is 0.632. The molecule has 128 valence electrons. The Morgan fingerprint density at radius 3 is 2.22 bits per heavy atom. The van der Waals surface area contributed by atoms with Crippen LogP contribution in [0.5, 0.6) is 5.75 Å². The number of aliphatic hydroxyl groups excluding tert-OH is 1. The lowest BCUT2D eigenvalue weighted by Crippen LogP contribution is -2.39. The van der Waals surface area contributed by atoms with E-state index in [-0.39, 0.29) is 24.2 Å². The summed E-state index contributed by atoms with van der Waals surface area (Å²) in [5, 5.41) is 9.22. The van der Waals surface area contributed by atoms with Crippen molar-refractivity contribution in [1.82, 2.24) is 4.90 Å². The van der Waals surface area contributed by atoms with Gasteiger partial charge >= 0.3 is 0 Å². The van der Waals surface area contributed by atoms with E-state index in [0.29, 0.717) is 11.5 Å². The van der Waals surface area contributed by atoms with Crippen LogP contribution < -0.4 is 4.74 Å². The highest BCUT2D eigenvalue weighted by atomic mass is 16.5. The largest absolute Gasteiger partial charge is 0.488 e. The standard InChI is InChI=1S/C19H29NO3/c1-19(2,3)23-17-11-7-15(8-12-17)18(22)20(4)16-9-5-14(13-21)6-10-16/h7-8,11-12,14,16,21H,5-6,9-10,13H2,1-4H3. The molecule has 0 aliphatic heterocycles. The highest BCUT2D eigenvalue weighted by Crippen LogP contribution is 2.27. The molecule has 1 saturated carbocycles. The molecular formula is C19H29NO3. The third kappa shape index (κ3) is 4.96. The molecule has 1 amide bonds. The maximum Gasteiger partial charge on any atom is 0.253 e. The number of carbonyl (C=O) groups excluding carboxylic acids is 1. The molecule has 0 heterocycles. The molecule has 0 spiro atoms. The van der Waals surface area contributed by atoms with E-state index in [1.807, 2.05) is 57.0 Å². The van der Waals surface area contributed by atoms with Crippen molar-refractivity contribution in [3.05, 3.63) is 29.8 Å². The number of hydrogen-bond donors (Lipinski definition) is 1. The van der Waals surface area contributed by atoms with Gasteiger partial charge in [-0.15, -0.1) is 0 Å². The summed E-state index contributed by atoms with van der Waals surface area (Å²) >= 11 is 0. The lowest BCUT2D eigenvalue weighted by Gasteiger charge is -2.34. The molecule has 1 aliphatic carbocycles.